The minimum Gasteiger partial charge on any atom is -0.487 e. The van der Waals surface area contributed by atoms with Gasteiger partial charge in [0.05, 0.1) is 16.4 Å². The fraction of sp³-hybridized carbons (Fsp3) is 0.438. The van der Waals surface area contributed by atoms with Crippen LogP contribution in [-0.2, 0) is 26.6 Å². The lowest BCUT2D eigenvalue weighted by Gasteiger charge is -2.09. The van der Waals surface area contributed by atoms with Crippen molar-refractivity contribution in [3.8, 4) is 5.75 Å². The zero-order chi connectivity index (χ0) is 15.2. The molecule has 4 nitrogen and oxygen atoms in total. The summed E-state index contributed by atoms with van der Waals surface area (Å²) in [5, 5.41) is 8.41. The molecule has 0 unspecified atom stereocenters. The third-order valence-corrected chi connectivity index (χ3v) is 3.79. The molecule has 0 radical (unpaired) electrons. The van der Waals surface area contributed by atoms with E-state index in [4.69, 9.17) is 16.3 Å². The molecule has 1 aromatic heterocycles. The van der Waals surface area contributed by atoms with Crippen LogP contribution in [0.1, 0.15) is 30.8 Å². The standard InChI is InChI=1S/C16H22ClN3O/c1-4-14-16(17)15(20(3)19-14)11-21-13-8-6-7-12(9-13)10-18-5-2/h6-9,18H,4-5,10-11H2,1-3H3. The van der Waals surface area contributed by atoms with Crippen LogP contribution in [0.5, 0.6) is 5.75 Å². The van der Waals surface area contributed by atoms with E-state index in [1.54, 1.807) is 4.68 Å². The highest BCUT2D eigenvalue weighted by molar-refractivity contribution is 6.31. The molecular weight excluding hydrogens is 286 g/mol. The van der Waals surface area contributed by atoms with E-state index in [2.05, 4.69) is 23.4 Å². The van der Waals surface area contributed by atoms with E-state index in [0.29, 0.717) is 11.6 Å². The van der Waals surface area contributed by atoms with E-state index in [1.165, 1.54) is 5.56 Å². The van der Waals surface area contributed by atoms with Gasteiger partial charge in [-0.3, -0.25) is 4.68 Å². The van der Waals surface area contributed by atoms with Gasteiger partial charge >= 0.3 is 0 Å². The van der Waals surface area contributed by atoms with Gasteiger partial charge in [-0.2, -0.15) is 5.10 Å². The lowest BCUT2D eigenvalue weighted by molar-refractivity contribution is 0.294. The molecule has 5 heteroatoms. The molecule has 2 rings (SSSR count). The van der Waals surface area contributed by atoms with Crippen LogP contribution in [0.2, 0.25) is 5.02 Å². The highest BCUT2D eigenvalue weighted by atomic mass is 35.5. The maximum atomic E-state index is 6.32. The molecule has 0 spiro atoms. The zero-order valence-electron chi connectivity index (χ0n) is 12.8. The fourth-order valence-corrected chi connectivity index (χ4v) is 2.49. The summed E-state index contributed by atoms with van der Waals surface area (Å²) in [7, 11) is 1.89. The summed E-state index contributed by atoms with van der Waals surface area (Å²) in [6, 6.07) is 8.10. The highest BCUT2D eigenvalue weighted by Gasteiger charge is 2.13. The van der Waals surface area contributed by atoms with Crippen molar-refractivity contribution < 1.29 is 4.74 Å². The van der Waals surface area contributed by atoms with Crippen molar-refractivity contribution >= 4 is 11.6 Å². The molecule has 2 aromatic rings. The molecule has 21 heavy (non-hydrogen) atoms. The van der Waals surface area contributed by atoms with Crippen molar-refractivity contribution in [1.29, 1.82) is 0 Å². The first kappa shape index (κ1) is 15.9. The molecule has 0 amide bonds. The summed E-state index contributed by atoms with van der Waals surface area (Å²) >= 11 is 6.32. The SMILES string of the molecule is CCNCc1cccc(OCc2c(Cl)c(CC)nn2C)c1. The highest BCUT2D eigenvalue weighted by Crippen LogP contribution is 2.23. The average Bonchev–Trinajstić information content (AvgIpc) is 2.77. The zero-order valence-corrected chi connectivity index (χ0v) is 13.6. The van der Waals surface area contributed by atoms with Crippen LogP contribution >= 0.6 is 11.6 Å². The van der Waals surface area contributed by atoms with Crippen molar-refractivity contribution in [2.24, 2.45) is 7.05 Å². The Balaban J connectivity index is 2.04. The lowest BCUT2D eigenvalue weighted by Crippen LogP contribution is -2.11. The second-order valence-electron chi connectivity index (χ2n) is 4.90. The molecule has 1 N–H and O–H groups in total. The van der Waals surface area contributed by atoms with Crippen LogP contribution in [0.3, 0.4) is 0 Å². The Morgan fingerprint density at radius 2 is 2.14 bits per heavy atom. The maximum absolute atomic E-state index is 6.32. The largest absolute Gasteiger partial charge is 0.487 e. The molecule has 0 atom stereocenters. The smallest absolute Gasteiger partial charge is 0.131 e. The summed E-state index contributed by atoms with van der Waals surface area (Å²) in [4.78, 5) is 0. The number of halogens is 1. The van der Waals surface area contributed by atoms with Gasteiger partial charge in [-0.15, -0.1) is 0 Å². The Morgan fingerprint density at radius 1 is 1.33 bits per heavy atom. The molecule has 1 aromatic carbocycles. The molecule has 0 aliphatic rings. The Morgan fingerprint density at radius 3 is 2.81 bits per heavy atom. The number of benzene rings is 1. The fourth-order valence-electron chi connectivity index (χ4n) is 2.14. The summed E-state index contributed by atoms with van der Waals surface area (Å²) in [6.45, 7) is 6.36. The number of hydrogen-bond donors (Lipinski definition) is 1. The van der Waals surface area contributed by atoms with Crippen molar-refractivity contribution in [1.82, 2.24) is 15.1 Å². The Kier molecular flexibility index (Phi) is 5.65. The monoisotopic (exact) mass is 307 g/mol. The summed E-state index contributed by atoms with van der Waals surface area (Å²) in [5.74, 6) is 0.848. The average molecular weight is 308 g/mol. The van der Waals surface area contributed by atoms with Crippen molar-refractivity contribution in [3.63, 3.8) is 0 Å². The molecule has 114 valence electrons. The predicted octanol–water partition coefficient (Wildman–Crippen LogP) is 3.32. The van der Waals surface area contributed by atoms with Crippen molar-refractivity contribution in [3.05, 3.63) is 46.2 Å². The van der Waals surface area contributed by atoms with Crippen LogP contribution in [0.15, 0.2) is 24.3 Å². The molecule has 0 saturated carbocycles. The van der Waals surface area contributed by atoms with Gasteiger partial charge in [-0.05, 0) is 30.7 Å². The van der Waals surface area contributed by atoms with E-state index in [1.807, 2.05) is 32.2 Å². The first-order valence-corrected chi connectivity index (χ1v) is 7.66. The van der Waals surface area contributed by atoms with E-state index in [-0.39, 0.29) is 0 Å². The number of ether oxygens (including phenoxy) is 1. The molecule has 0 bridgehead atoms. The van der Waals surface area contributed by atoms with Gasteiger partial charge < -0.3 is 10.1 Å². The number of hydrogen-bond acceptors (Lipinski definition) is 3. The van der Waals surface area contributed by atoms with E-state index in [0.717, 1.165) is 36.6 Å². The van der Waals surface area contributed by atoms with E-state index in [9.17, 15) is 0 Å². The Bertz CT molecular complexity index is 595. The van der Waals surface area contributed by atoms with E-state index >= 15 is 0 Å². The number of nitrogens with zero attached hydrogens (tertiary/aromatic N) is 2. The van der Waals surface area contributed by atoms with Gasteiger partial charge in [0.15, 0.2) is 0 Å². The topological polar surface area (TPSA) is 39.1 Å². The minimum atomic E-state index is 0.424. The van der Waals surface area contributed by atoms with Gasteiger partial charge in [-0.25, -0.2) is 0 Å². The van der Waals surface area contributed by atoms with Gasteiger partial charge in [-0.1, -0.05) is 37.6 Å². The van der Waals surface area contributed by atoms with Crippen LogP contribution in [0.25, 0.3) is 0 Å². The first-order chi connectivity index (χ1) is 10.2. The number of nitrogens with one attached hydrogen (secondary N) is 1. The summed E-state index contributed by atoms with van der Waals surface area (Å²) in [5.41, 5.74) is 3.03. The third-order valence-electron chi connectivity index (χ3n) is 3.36. The number of aromatic nitrogens is 2. The van der Waals surface area contributed by atoms with Crippen molar-refractivity contribution in [2.45, 2.75) is 33.4 Å². The second kappa shape index (κ2) is 7.48. The second-order valence-corrected chi connectivity index (χ2v) is 5.28. The molecule has 0 fully saturated rings. The first-order valence-electron chi connectivity index (χ1n) is 7.28. The van der Waals surface area contributed by atoms with Gasteiger partial charge in [0, 0.05) is 13.6 Å². The Labute approximate surface area is 131 Å². The van der Waals surface area contributed by atoms with Crippen LogP contribution < -0.4 is 10.1 Å². The maximum Gasteiger partial charge on any atom is 0.131 e. The molecule has 0 aliphatic heterocycles. The molecule has 0 aliphatic carbocycles. The molecular formula is C16H22ClN3O. The third kappa shape index (κ3) is 3.99. The number of rotatable bonds is 7. The lowest BCUT2D eigenvalue weighted by atomic mass is 10.2. The van der Waals surface area contributed by atoms with Crippen LogP contribution in [0.4, 0.5) is 0 Å². The van der Waals surface area contributed by atoms with Gasteiger partial charge in [0.2, 0.25) is 0 Å². The Hall–Kier alpha value is -1.52. The number of aryl methyl sites for hydroxylation is 2. The van der Waals surface area contributed by atoms with E-state index < -0.39 is 0 Å². The van der Waals surface area contributed by atoms with Crippen molar-refractivity contribution in [2.75, 3.05) is 6.54 Å². The summed E-state index contributed by atoms with van der Waals surface area (Å²) in [6.07, 6.45) is 0.824. The van der Waals surface area contributed by atoms with Crippen LogP contribution in [0, 0.1) is 0 Å². The molecule has 1 heterocycles. The van der Waals surface area contributed by atoms with Gasteiger partial charge in [0.25, 0.3) is 0 Å². The van der Waals surface area contributed by atoms with Gasteiger partial charge in [0.1, 0.15) is 12.4 Å². The normalized spacial score (nSPS) is 10.9. The summed E-state index contributed by atoms with van der Waals surface area (Å²) < 4.78 is 7.65. The predicted molar refractivity (Wildman–Crippen MR) is 85.8 cm³/mol. The quantitative estimate of drug-likeness (QED) is 0.853. The minimum absolute atomic E-state index is 0.424. The van der Waals surface area contributed by atoms with Crippen LogP contribution in [-0.4, -0.2) is 16.3 Å². The molecule has 0 saturated heterocycles.